The zero-order chi connectivity index (χ0) is 15.3. The van der Waals surface area contributed by atoms with E-state index in [4.69, 9.17) is 0 Å². The highest BCUT2D eigenvalue weighted by molar-refractivity contribution is 4.48. The second-order valence-electron chi connectivity index (χ2n) is 7.02. The first kappa shape index (κ1) is 23.5. The van der Waals surface area contributed by atoms with Gasteiger partial charge in [0.2, 0.25) is 0 Å². The number of nitrogens with zero attached hydrogens (tertiary/aromatic N) is 1. The topological polar surface area (TPSA) is 20.2 Å². The molecule has 0 amide bonds. The second kappa shape index (κ2) is 15.1. The molecule has 0 heterocycles. The van der Waals surface area contributed by atoms with E-state index in [9.17, 15) is 5.11 Å². The van der Waals surface area contributed by atoms with E-state index in [1.54, 1.807) is 0 Å². The minimum absolute atomic E-state index is 0. The van der Waals surface area contributed by atoms with Crippen LogP contribution in [0.1, 0.15) is 90.9 Å². The minimum Gasteiger partial charge on any atom is -1.00 e. The Morgan fingerprint density at radius 3 is 1.38 bits per heavy atom. The van der Waals surface area contributed by atoms with Crippen molar-refractivity contribution in [3.63, 3.8) is 0 Å². The van der Waals surface area contributed by atoms with Crippen LogP contribution in [0.3, 0.4) is 0 Å². The number of hydrogen-bond acceptors (Lipinski definition) is 1. The molecule has 0 bridgehead atoms. The van der Waals surface area contributed by atoms with Crippen molar-refractivity contribution < 1.29 is 22.0 Å². The molecule has 0 aliphatic rings. The van der Waals surface area contributed by atoms with E-state index >= 15 is 0 Å². The lowest BCUT2D eigenvalue weighted by molar-refractivity contribution is -0.934. The van der Waals surface area contributed by atoms with Gasteiger partial charge in [-0.05, 0) is 12.8 Å². The Labute approximate surface area is 140 Å². The smallest absolute Gasteiger partial charge is 0.187 e. The molecule has 0 aromatic rings. The van der Waals surface area contributed by atoms with Gasteiger partial charge < -0.3 is 22.0 Å². The summed E-state index contributed by atoms with van der Waals surface area (Å²) in [5.74, 6) is 0. The summed E-state index contributed by atoms with van der Waals surface area (Å²) < 4.78 is 0.734. The molecule has 0 aromatic heterocycles. The summed E-state index contributed by atoms with van der Waals surface area (Å²) in [6.07, 6.45) is 16.5. The van der Waals surface area contributed by atoms with Crippen molar-refractivity contribution in [1.82, 2.24) is 0 Å². The van der Waals surface area contributed by atoms with E-state index < -0.39 is 0 Å². The molecule has 1 unspecified atom stereocenters. The van der Waals surface area contributed by atoms with Gasteiger partial charge in [0, 0.05) is 6.92 Å². The zero-order valence-corrected chi connectivity index (χ0v) is 15.8. The largest absolute Gasteiger partial charge is 1.00 e. The average molecular weight is 322 g/mol. The maximum Gasteiger partial charge on any atom is 0.187 e. The summed E-state index contributed by atoms with van der Waals surface area (Å²) in [6.45, 7) is 5.26. The molecule has 130 valence electrons. The second-order valence-corrected chi connectivity index (χ2v) is 7.02. The maximum absolute atomic E-state index is 9.63. The third kappa shape index (κ3) is 14.9. The van der Waals surface area contributed by atoms with Gasteiger partial charge in [-0.1, -0.05) is 71.1 Å². The Balaban J connectivity index is 0. The normalized spacial score (nSPS) is 13.0. The van der Waals surface area contributed by atoms with Crippen molar-refractivity contribution >= 4 is 0 Å². The lowest BCUT2D eigenvalue weighted by atomic mass is 10.1. The van der Waals surface area contributed by atoms with Crippen molar-refractivity contribution in [2.75, 3.05) is 20.6 Å². The van der Waals surface area contributed by atoms with E-state index in [0.717, 1.165) is 11.0 Å². The van der Waals surface area contributed by atoms with E-state index in [2.05, 4.69) is 21.0 Å². The number of rotatable bonds is 14. The van der Waals surface area contributed by atoms with E-state index in [1.165, 1.54) is 77.0 Å². The van der Waals surface area contributed by atoms with Gasteiger partial charge in [-0.15, -0.1) is 0 Å². The molecule has 0 rings (SSSR count). The van der Waals surface area contributed by atoms with E-state index in [0.29, 0.717) is 0 Å². The van der Waals surface area contributed by atoms with Crippen molar-refractivity contribution in [1.29, 1.82) is 0 Å². The lowest BCUT2D eigenvalue weighted by Crippen LogP contribution is -3.00. The van der Waals surface area contributed by atoms with Crippen molar-refractivity contribution in [2.45, 2.75) is 97.1 Å². The van der Waals surface area contributed by atoms with E-state index in [1.807, 2.05) is 6.92 Å². The molecule has 0 saturated carbocycles. The molecule has 21 heavy (non-hydrogen) atoms. The molecule has 0 spiro atoms. The molecular weight excluding hydrogens is 282 g/mol. The van der Waals surface area contributed by atoms with Gasteiger partial charge in [0.05, 0.1) is 20.6 Å². The maximum atomic E-state index is 9.63. The molecule has 1 N–H and O–H groups in total. The fourth-order valence-corrected chi connectivity index (χ4v) is 2.55. The average Bonchev–Trinajstić information content (AvgIpc) is 2.39. The lowest BCUT2D eigenvalue weighted by Gasteiger charge is -2.32. The summed E-state index contributed by atoms with van der Waals surface area (Å²) >= 11 is 0. The number of aliphatic hydroxyl groups is 1. The molecule has 0 aliphatic heterocycles. The molecular formula is C18H40ClNO. The van der Waals surface area contributed by atoms with Gasteiger partial charge >= 0.3 is 0 Å². The number of quaternary nitrogens is 1. The number of unbranched alkanes of at least 4 members (excludes halogenated alkanes) is 11. The zero-order valence-electron chi connectivity index (χ0n) is 15.0. The monoisotopic (exact) mass is 321 g/mol. The van der Waals surface area contributed by atoms with Crippen LogP contribution in [0.25, 0.3) is 0 Å². The summed E-state index contributed by atoms with van der Waals surface area (Å²) in [6, 6.07) is 0. The van der Waals surface area contributed by atoms with Crippen LogP contribution in [0.2, 0.25) is 0 Å². The molecule has 2 nitrogen and oxygen atoms in total. The van der Waals surface area contributed by atoms with Crippen LogP contribution in [-0.2, 0) is 0 Å². The van der Waals surface area contributed by atoms with Crippen LogP contribution in [0.15, 0.2) is 0 Å². The molecule has 0 radical (unpaired) electrons. The third-order valence-electron chi connectivity index (χ3n) is 4.60. The first-order valence-electron chi connectivity index (χ1n) is 9.01. The standard InChI is InChI=1S/C18H40NO.ClH/c1-5-6-7-8-9-10-11-12-13-14-15-16-17-19(3,4)18(2)20;/h18,20H,5-17H2,1-4H3;1H/q+1;/p-1. The van der Waals surface area contributed by atoms with Gasteiger partial charge in [0.1, 0.15) is 0 Å². The Kier molecular flexibility index (Phi) is 16.9. The Bertz CT molecular complexity index is 207. The summed E-state index contributed by atoms with van der Waals surface area (Å²) in [5.41, 5.74) is 0. The number of aliphatic hydroxyl groups excluding tert-OH is 1. The van der Waals surface area contributed by atoms with Crippen molar-refractivity contribution in [3.8, 4) is 0 Å². The van der Waals surface area contributed by atoms with Crippen LogP contribution < -0.4 is 12.4 Å². The first-order valence-corrected chi connectivity index (χ1v) is 9.01. The van der Waals surface area contributed by atoms with Crippen LogP contribution in [0.5, 0.6) is 0 Å². The summed E-state index contributed by atoms with van der Waals surface area (Å²) in [7, 11) is 4.23. The molecule has 3 heteroatoms. The quantitative estimate of drug-likeness (QED) is 0.295. The highest BCUT2D eigenvalue weighted by Crippen LogP contribution is 2.13. The van der Waals surface area contributed by atoms with Gasteiger partial charge in [-0.2, -0.15) is 0 Å². The predicted octanol–water partition coefficient (Wildman–Crippen LogP) is 2.11. The van der Waals surface area contributed by atoms with Gasteiger partial charge in [-0.25, -0.2) is 0 Å². The Morgan fingerprint density at radius 1 is 0.714 bits per heavy atom. The molecule has 0 fully saturated rings. The summed E-state index contributed by atoms with van der Waals surface area (Å²) in [4.78, 5) is 0. The SMILES string of the molecule is CCCCCCCCCCCCCC[N+](C)(C)C(C)O.[Cl-]. The predicted molar refractivity (Wildman–Crippen MR) is 89.7 cm³/mol. The molecule has 0 saturated heterocycles. The van der Waals surface area contributed by atoms with Crippen LogP contribution in [-0.4, -0.2) is 36.5 Å². The van der Waals surface area contributed by atoms with Crippen LogP contribution in [0.4, 0.5) is 0 Å². The van der Waals surface area contributed by atoms with Crippen LogP contribution in [0, 0.1) is 0 Å². The highest BCUT2D eigenvalue weighted by atomic mass is 35.5. The number of hydrogen-bond donors (Lipinski definition) is 1. The third-order valence-corrected chi connectivity index (χ3v) is 4.60. The van der Waals surface area contributed by atoms with Gasteiger partial charge in [0.25, 0.3) is 0 Å². The Hall–Kier alpha value is 0.210. The molecule has 0 aromatic carbocycles. The van der Waals surface area contributed by atoms with Gasteiger partial charge in [0.15, 0.2) is 6.23 Å². The van der Waals surface area contributed by atoms with Crippen LogP contribution >= 0.6 is 0 Å². The first-order chi connectivity index (χ1) is 9.50. The van der Waals surface area contributed by atoms with Crippen molar-refractivity contribution in [2.24, 2.45) is 0 Å². The highest BCUT2D eigenvalue weighted by Gasteiger charge is 2.20. The molecule has 0 aliphatic carbocycles. The van der Waals surface area contributed by atoms with E-state index in [-0.39, 0.29) is 18.6 Å². The fourth-order valence-electron chi connectivity index (χ4n) is 2.55. The minimum atomic E-state index is -0.247. The fraction of sp³-hybridized carbons (Fsp3) is 1.00. The van der Waals surface area contributed by atoms with Crippen molar-refractivity contribution in [3.05, 3.63) is 0 Å². The summed E-state index contributed by atoms with van der Waals surface area (Å²) in [5, 5.41) is 9.63. The van der Waals surface area contributed by atoms with Gasteiger partial charge in [-0.3, -0.25) is 0 Å². The Morgan fingerprint density at radius 2 is 1.05 bits per heavy atom. The number of halogens is 1. The molecule has 1 atom stereocenters.